The highest BCUT2D eigenvalue weighted by Gasteiger charge is 2.45. The van der Waals surface area contributed by atoms with Gasteiger partial charge in [-0.25, -0.2) is 9.59 Å². The number of carbonyl (C=O) groups excluding carboxylic acids is 2. The molecule has 1 N–H and O–H groups in total. The van der Waals surface area contributed by atoms with Crippen LogP contribution in [0.3, 0.4) is 0 Å². The third-order valence-corrected chi connectivity index (χ3v) is 4.90. The van der Waals surface area contributed by atoms with Gasteiger partial charge in [0.2, 0.25) is 0 Å². The molecule has 0 bridgehead atoms. The van der Waals surface area contributed by atoms with Crippen LogP contribution in [0.15, 0.2) is 54.1 Å². The van der Waals surface area contributed by atoms with Gasteiger partial charge in [-0.2, -0.15) is 0 Å². The van der Waals surface area contributed by atoms with Crippen molar-refractivity contribution in [2.24, 2.45) is 0 Å². The van der Waals surface area contributed by atoms with Gasteiger partial charge in [-0.15, -0.1) is 0 Å². The number of ether oxygens (including phenoxy) is 2. The van der Waals surface area contributed by atoms with E-state index in [0.29, 0.717) is 5.56 Å². The fourth-order valence-electron chi connectivity index (χ4n) is 3.20. The molecule has 1 aliphatic rings. The summed E-state index contributed by atoms with van der Waals surface area (Å²) in [5.41, 5.74) is -0.0786. The zero-order chi connectivity index (χ0) is 22.6. The number of nitro groups is 1. The van der Waals surface area contributed by atoms with Crippen molar-refractivity contribution >= 4 is 29.4 Å². The molecular formula is C22H22N2O7. The van der Waals surface area contributed by atoms with Crippen LogP contribution in [0.4, 0.5) is 11.4 Å². The number of carbonyl (C=O) groups is 2. The van der Waals surface area contributed by atoms with Crippen molar-refractivity contribution in [3.8, 4) is 0 Å². The predicted molar refractivity (Wildman–Crippen MR) is 113 cm³/mol. The molecule has 0 aromatic heterocycles. The van der Waals surface area contributed by atoms with Gasteiger partial charge in [0.1, 0.15) is 6.61 Å². The van der Waals surface area contributed by atoms with Crippen molar-refractivity contribution in [2.75, 3.05) is 32.2 Å². The van der Waals surface area contributed by atoms with Gasteiger partial charge in [-0.3, -0.25) is 10.1 Å². The lowest BCUT2D eigenvalue weighted by atomic mass is 9.97. The fourth-order valence-corrected chi connectivity index (χ4v) is 3.20. The number of esters is 2. The second kappa shape index (κ2) is 8.97. The normalized spacial score (nSPS) is 19.2. The van der Waals surface area contributed by atoms with Crippen LogP contribution in [-0.2, 0) is 14.3 Å². The van der Waals surface area contributed by atoms with Crippen molar-refractivity contribution in [2.45, 2.75) is 12.0 Å². The molecule has 9 nitrogen and oxygen atoms in total. The summed E-state index contributed by atoms with van der Waals surface area (Å²) in [6.07, 6.45) is 1.31. The van der Waals surface area contributed by atoms with Crippen LogP contribution in [0.5, 0.6) is 0 Å². The van der Waals surface area contributed by atoms with Crippen molar-refractivity contribution in [3.63, 3.8) is 0 Å². The standard InChI is InChI=1S/C22H22N2O7/c1-23(2)18-8-5-7-16(11-18)20(26)30-14-22(13-25)12-17(21(27)31-22)10-15-6-3-4-9-19(15)24(28)29/h3-11,25H,12-14H2,1-2H3/b17-10+. The van der Waals surface area contributed by atoms with E-state index < -0.39 is 29.1 Å². The minimum Gasteiger partial charge on any atom is -0.458 e. The first-order valence-corrected chi connectivity index (χ1v) is 9.47. The maximum Gasteiger partial charge on any atom is 0.338 e. The van der Waals surface area contributed by atoms with Gasteiger partial charge in [0.15, 0.2) is 5.60 Å². The minimum atomic E-state index is -1.44. The number of nitro benzene ring substituents is 1. The Balaban J connectivity index is 1.76. The lowest BCUT2D eigenvalue weighted by Gasteiger charge is -2.24. The summed E-state index contributed by atoms with van der Waals surface area (Å²) in [5.74, 6) is -1.35. The van der Waals surface area contributed by atoms with E-state index in [1.54, 1.807) is 24.3 Å². The number of hydrogen-bond acceptors (Lipinski definition) is 8. The summed E-state index contributed by atoms with van der Waals surface area (Å²) in [4.78, 5) is 37.3. The highest BCUT2D eigenvalue weighted by Crippen LogP contribution is 2.34. The Bertz CT molecular complexity index is 1050. The van der Waals surface area contributed by atoms with Crippen LogP contribution in [0, 0.1) is 10.1 Å². The number of hydrogen-bond donors (Lipinski definition) is 1. The molecule has 1 heterocycles. The van der Waals surface area contributed by atoms with E-state index in [1.165, 1.54) is 24.3 Å². The van der Waals surface area contributed by atoms with E-state index >= 15 is 0 Å². The molecule has 2 aromatic carbocycles. The number of rotatable bonds is 7. The lowest BCUT2D eigenvalue weighted by molar-refractivity contribution is -0.385. The second-order valence-electron chi connectivity index (χ2n) is 7.41. The third kappa shape index (κ3) is 4.89. The average molecular weight is 426 g/mol. The Hall–Kier alpha value is -3.72. The highest BCUT2D eigenvalue weighted by atomic mass is 16.6. The second-order valence-corrected chi connectivity index (χ2v) is 7.41. The SMILES string of the molecule is CN(C)c1cccc(C(=O)OCC2(CO)C/C(=C\c3ccccc3[N+](=O)[O-])C(=O)O2)c1. The topological polar surface area (TPSA) is 119 Å². The molecule has 0 spiro atoms. The molecule has 2 aromatic rings. The summed E-state index contributed by atoms with van der Waals surface area (Å²) in [7, 11) is 3.68. The van der Waals surface area contributed by atoms with Crippen LogP contribution in [0.25, 0.3) is 6.08 Å². The molecule has 9 heteroatoms. The molecule has 0 aliphatic carbocycles. The largest absolute Gasteiger partial charge is 0.458 e. The number of aliphatic hydroxyl groups excluding tert-OH is 1. The smallest absolute Gasteiger partial charge is 0.338 e. The monoisotopic (exact) mass is 426 g/mol. The van der Waals surface area contributed by atoms with Crippen LogP contribution < -0.4 is 4.90 Å². The fraction of sp³-hybridized carbons (Fsp3) is 0.273. The molecule has 1 unspecified atom stereocenters. The summed E-state index contributed by atoms with van der Waals surface area (Å²) < 4.78 is 10.6. The number of para-hydroxylation sites is 1. The van der Waals surface area contributed by atoms with E-state index in [1.807, 2.05) is 25.1 Å². The van der Waals surface area contributed by atoms with Crippen LogP contribution in [0.2, 0.25) is 0 Å². The Morgan fingerprint density at radius 2 is 2.03 bits per heavy atom. The zero-order valence-corrected chi connectivity index (χ0v) is 17.1. The minimum absolute atomic E-state index is 0.0562. The molecule has 162 valence electrons. The molecule has 3 rings (SSSR count). The summed E-state index contributed by atoms with van der Waals surface area (Å²) in [5, 5.41) is 21.0. The van der Waals surface area contributed by atoms with Crippen molar-refractivity contribution in [1.29, 1.82) is 0 Å². The summed E-state index contributed by atoms with van der Waals surface area (Å²) in [6, 6.07) is 12.8. The van der Waals surface area contributed by atoms with E-state index in [2.05, 4.69) is 0 Å². The number of anilines is 1. The van der Waals surface area contributed by atoms with Crippen molar-refractivity contribution in [1.82, 2.24) is 0 Å². The molecule has 31 heavy (non-hydrogen) atoms. The average Bonchev–Trinajstić information content (AvgIpc) is 3.08. The number of cyclic esters (lactones) is 1. The summed E-state index contributed by atoms with van der Waals surface area (Å²) >= 11 is 0. The summed E-state index contributed by atoms with van der Waals surface area (Å²) in [6.45, 7) is -0.924. The Morgan fingerprint density at radius 3 is 2.71 bits per heavy atom. The van der Waals surface area contributed by atoms with Crippen molar-refractivity contribution in [3.05, 3.63) is 75.3 Å². The van der Waals surface area contributed by atoms with Gasteiger partial charge in [0.25, 0.3) is 5.69 Å². The van der Waals surface area contributed by atoms with Crippen LogP contribution in [-0.4, -0.2) is 54.9 Å². The quantitative estimate of drug-likeness (QED) is 0.311. The number of nitrogens with zero attached hydrogens (tertiary/aromatic N) is 2. The van der Waals surface area contributed by atoms with Crippen LogP contribution in [0.1, 0.15) is 22.3 Å². The van der Waals surface area contributed by atoms with Gasteiger partial charge in [-0.1, -0.05) is 18.2 Å². The van der Waals surface area contributed by atoms with Gasteiger partial charge in [0, 0.05) is 37.8 Å². The molecule has 0 radical (unpaired) electrons. The molecule has 1 saturated heterocycles. The first-order chi connectivity index (χ1) is 14.7. The van der Waals surface area contributed by atoms with E-state index in [0.717, 1.165) is 5.69 Å². The Labute approximate surface area is 178 Å². The first kappa shape index (κ1) is 22.0. The van der Waals surface area contributed by atoms with Crippen molar-refractivity contribution < 1.29 is 29.1 Å². The van der Waals surface area contributed by atoms with Crippen LogP contribution >= 0.6 is 0 Å². The third-order valence-electron chi connectivity index (χ3n) is 4.90. The van der Waals surface area contributed by atoms with E-state index in [-0.39, 0.29) is 29.9 Å². The van der Waals surface area contributed by atoms with E-state index in [9.17, 15) is 24.8 Å². The maximum atomic E-state index is 12.5. The molecule has 0 amide bonds. The van der Waals surface area contributed by atoms with Gasteiger partial charge in [-0.05, 0) is 30.3 Å². The Morgan fingerprint density at radius 1 is 1.29 bits per heavy atom. The Kier molecular flexibility index (Phi) is 6.36. The first-order valence-electron chi connectivity index (χ1n) is 9.47. The predicted octanol–water partition coefficient (Wildman–Crippen LogP) is 2.58. The maximum absolute atomic E-state index is 12.5. The zero-order valence-electron chi connectivity index (χ0n) is 17.1. The molecule has 1 atom stereocenters. The highest BCUT2D eigenvalue weighted by molar-refractivity contribution is 5.97. The van der Waals surface area contributed by atoms with Gasteiger partial charge < -0.3 is 19.5 Å². The molecule has 1 fully saturated rings. The molecular weight excluding hydrogens is 404 g/mol. The van der Waals surface area contributed by atoms with Gasteiger partial charge in [0.05, 0.1) is 22.7 Å². The number of benzene rings is 2. The lowest BCUT2D eigenvalue weighted by Crippen LogP contribution is -2.39. The molecule has 1 aliphatic heterocycles. The van der Waals surface area contributed by atoms with Gasteiger partial charge >= 0.3 is 11.9 Å². The molecule has 0 saturated carbocycles. The van der Waals surface area contributed by atoms with E-state index in [4.69, 9.17) is 9.47 Å². The number of aliphatic hydroxyl groups is 1.